The van der Waals surface area contributed by atoms with Gasteiger partial charge in [0.15, 0.2) is 0 Å². The Labute approximate surface area is 191 Å². The van der Waals surface area contributed by atoms with Crippen molar-refractivity contribution >= 4 is 11.6 Å². The van der Waals surface area contributed by atoms with Crippen molar-refractivity contribution in [1.29, 1.82) is 0 Å². The second kappa shape index (κ2) is 10.0. The number of anilines is 1. The molecule has 4 rings (SSSR count). The van der Waals surface area contributed by atoms with E-state index in [0.29, 0.717) is 6.42 Å². The fourth-order valence-electron chi connectivity index (χ4n) is 5.07. The topological polar surface area (TPSA) is 82.4 Å². The summed E-state index contributed by atoms with van der Waals surface area (Å²) in [5.74, 6) is -0.0743. The molecule has 1 amide bonds. The lowest BCUT2D eigenvalue weighted by Gasteiger charge is -2.31. The lowest BCUT2D eigenvalue weighted by Crippen LogP contribution is -2.45. The zero-order chi connectivity index (χ0) is 22.7. The number of amides is 1. The number of piperazine rings is 1. The number of nitrogens with two attached hydrogens (primary N) is 1. The van der Waals surface area contributed by atoms with Crippen LogP contribution in [0.15, 0.2) is 30.3 Å². The minimum atomic E-state index is -0.558. The van der Waals surface area contributed by atoms with Crippen LogP contribution in [0.3, 0.4) is 0 Å². The number of nitrogens with one attached hydrogen (secondary N) is 3. The van der Waals surface area contributed by atoms with Crippen molar-refractivity contribution in [2.75, 3.05) is 38.0 Å². The summed E-state index contributed by atoms with van der Waals surface area (Å²) in [6, 6.07) is 10.4. The van der Waals surface area contributed by atoms with E-state index in [1.54, 1.807) is 0 Å². The van der Waals surface area contributed by atoms with E-state index in [0.717, 1.165) is 51.4 Å². The molecular formula is C26H37N5O. The molecular weight excluding hydrogens is 398 g/mol. The number of carbonyl (C=O) groups excluding carboxylic acids is 1. The molecule has 1 fully saturated rings. The molecule has 5 N–H and O–H groups in total. The predicted molar refractivity (Wildman–Crippen MR) is 131 cm³/mol. The Bertz CT molecular complexity index is 944. The highest BCUT2D eigenvalue weighted by atomic mass is 16.2. The molecule has 2 aromatic carbocycles. The third kappa shape index (κ3) is 5.31. The molecule has 0 aliphatic carbocycles. The number of rotatable bonds is 6. The molecule has 32 heavy (non-hydrogen) atoms. The second-order valence-electron chi connectivity index (χ2n) is 9.41. The molecule has 2 atom stereocenters. The summed E-state index contributed by atoms with van der Waals surface area (Å²) in [5.41, 5.74) is 14.8. The Morgan fingerprint density at radius 2 is 1.84 bits per heavy atom. The van der Waals surface area contributed by atoms with Gasteiger partial charge in [-0.05, 0) is 67.5 Å². The number of aryl methyl sites for hydroxylation is 3. The van der Waals surface area contributed by atoms with Crippen LogP contribution >= 0.6 is 0 Å². The molecule has 0 unspecified atom stereocenters. The second-order valence-corrected chi connectivity index (χ2v) is 9.41. The maximum absolute atomic E-state index is 13.0. The van der Waals surface area contributed by atoms with Crippen LogP contribution in [-0.4, -0.2) is 49.6 Å². The lowest BCUT2D eigenvalue weighted by molar-refractivity contribution is -0.123. The summed E-state index contributed by atoms with van der Waals surface area (Å²) in [6.07, 6.45) is 1.43. The molecule has 2 aliphatic heterocycles. The quantitative estimate of drug-likeness (QED) is 0.561. The van der Waals surface area contributed by atoms with E-state index in [9.17, 15) is 4.79 Å². The van der Waals surface area contributed by atoms with Gasteiger partial charge in [0, 0.05) is 45.0 Å². The number of fused-ring (bicyclic) bond motifs is 1. The average Bonchev–Trinajstić information content (AvgIpc) is 2.77. The van der Waals surface area contributed by atoms with E-state index >= 15 is 0 Å². The third-order valence-corrected chi connectivity index (χ3v) is 6.77. The van der Waals surface area contributed by atoms with Crippen molar-refractivity contribution in [1.82, 2.24) is 15.5 Å². The maximum Gasteiger partial charge on any atom is 0.237 e. The average molecular weight is 436 g/mol. The van der Waals surface area contributed by atoms with E-state index in [4.69, 9.17) is 5.73 Å². The molecule has 1 saturated heterocycles. The monoisotopic (exact) mass is 435 g/mol. The fourth-order valence-corrected chi connectivity index (χ4v) is 5.07. The first-order valence-corrected chi connectivity index (χ1v) is 11.8. The molecule has 0 aromatic heterocycles. The molecule has 2 aliphatic rings. The van der Waals surface area contributed by atoms with Crippen LogP contribution in [-0.2, 0) is 17.8 Å². The molecule has 2 heterocycles. The molecule has 172 valence electrons. The summed E-state index contributed by atoms with van der Waals surface area (Å²) in [7, 11) is 0. The molecule has 0 spiro atoms. The van der Waals surface area contributed by atoms with Gasteiger partial charge in [0.05, 0.1) is 12.1 Å². The van der Waals surface area contributed by atoms with Gasteiger partial charge >= 0.3 is 0 Å². The van der Waals surface area contributed by atoms with Crippen molar-refractivity contribution in [3.63, 3.8) is 0 Å². The Balaban J connectivity index is 1.44. The highest BCUT2D eigenvalue weighted by Crippen LogP contribution is 2.31. The number of hydrogen-bond acceptors (Lipinski definition) is 5. The molecule has 2 aromatic rings. The Kier molecular flexibility index (Phi) is 7.13. The Morgan fingerprint density at radius 3 is 2.56 bits per heavy atom. The number of carbonyl (C=O) groups is 1. The Morgan fingerprint density at radius 1 is 1.12 bits per heavy atom. The predicted octanol–water partition coefficient (Wildman–Crippen LogP) is 2.56. The van der Waals surface area contributed by atoms with Gasteiger partial charge in [-0.1, -0.05) is 29.8 Å². The molecule has 6 nitrogen and oxygen atoms in total. The van der Waals surface area contributed by atoms with Gasteiger partial charge in [-0.15, -0.1) is 0 Å². The van der Waals surface area contributed by atoms with Crippen molar-refractivity contribution in [3.05, 3.63) is 63.7 Å². The molecule has 0 bridgehead atoms. The zero-order valence-corrected chi connectivity index (χ0v) is 19.6. The van der Waals surface area contributed by atoms with Crippen LogP contribution in [0.5, 0.6) is 0 Å². The standard InChI is InChI=1S/C26H37N5O/c1-17-12-18(2)21(19(3)13-17)15-23(27)26(32)30-25-6-7-29-24-5-4-20(14-22(24)25)16-31-10-8-28-9-11-31/h4-5,12-14,23,25,28-29H,6-11,15-16,27H2,1-3H3,(H,30,32)/t23-,25+/m0/s1. The van der Waals surface area contributed by atoms with E-state index in [-0.39, 0.29) is 11.9 Å². The summed E-state index contributed by atoms with van der Waals surface area (Å²) >= 11 is 0. The highest BCUT2D eigenvalue weighted by molar-refractivity contribution is 5.82. The third-order valence-electron chi connectivity index (χ3n) is 6.77. The first-order valence-electron chi connectivity index (χ1n) is 11.8. The van der Waals surface area contributed by atoms with Crippen LogP contribution in [0.2, 0.25) is 0 Å². The summed E-state index contributed by atoms with van der Waals surface area (Å²) in [4.78, 5) is 15.5. The van der Waals surface area contributed by atoms with E-state index < -0.39 is 6.04 Å². The lowest BCUT2D eigenvalue weighted by atomic mass is 9.93. The first-order chi connectivity index (χ1) is 15.4. The van der Waals surface area contributed by atoms with Crippen LogP contribution in [0.1, 0.15) is 45.8 Å². The normalized spacial score (nSPS) is 19.7. The van der Waals surface area contributed by atoms with Gasteiger partial charge in [-0.25, -0.2) is 0 Å². The van der Waals surface area contributed by atoms with Gasteiger partial charge in [0.25, 0.3) is 0 Å². The SMILES string of the molecule is Cc1cc(C)c(C[C@H](N)C(=O)N[C@@H]2CCNc3ccc(CN4CCNCC4)cc32)c(C)c1. The number of nitrogens with zero attached hydrogens (tertiary/aromatic N) is 1. The van der Waals surface area contributed by atoms with Crippen LogP contribution in [0.4, 0.5) is 5.69 Å². The summed E-state index contributed by atoms with van der Waals surface area (Å²) < 4.78 is 0. The largest absolute Gasteiger partial charge is 0.385 e. The van der Waals surface area contributed by atoms with Crippen LogP contribution in [0, 0.1) is 20.8 Å². The van der Waals surface area contributed by atoms with Gasteiger partial charge in [-0.2, -0.15) is 0 Å². The van der Waals surface area contributed by atoms with Crippen molar-refractivity contribution in [2.24, 2.45) is 5.73 Å². The first kappa shape index (κ1) is 22.8. The van der Waals surface area contributed by atoms with E-state index in [1.807, 2.05) is 0 Å². The molecule has 6 heteroatoms. The summed E-state index contributed by atoms with van der Waals surface area (Å²) in [6.45, 7) is 12.3. The highest BCUT2D eigenvalue weighted by Gasteiger charge is 2.25. The van der Waals surface area contributed by atoms with Crippen molar-refractivity contribution < 1.29 is 4.79 Å². The summed E-state index contributed by atoms with van der Waals surface area (Å²) in [5, 5.41) is 10.1. The van der Waals surface area contributed by atoms with E-state index in [2.05, 4.69) is 72.0 Å². The molecule has 0 radical (unpaired) electrons. The van der Waals surface area contributed by atoms with E-state index in [1.165, 1.54) is 33.4 Å². The van der Waals surface area contributed by atoms with Crippen LogP contribution in [0.25, 0.3) is 0 Å². The van der Waals surface area contributed by atoms with Gasteiger partial charge in [0.1, 0.15) is 0 Å². The minimum absolute atomic E-state index is 0.00650. The van der Waals surface area contributed by atoms with Gasteiger partial charge in [0.2, 0.25) is 5.91 Å². The fraction of sp³-hybridized carbons (Fsp3) is 0.500. The van der Waals surface area contributed by atoms with Crippen molar-refractivity contribution in [2.45, 2.75) is 52.2 Å². The van der Waals surface area contributed by atoms with Crippen LogP contribution < -0.4 is 21.7 Å². The van der Waals surface area contributed by atoms with Crippen molar-refractivity contribution in [3.8, 4) is 0 Å². The number of benzene rings is 2. The zero-order valence-electron chi connectivity index (χ0n) is 19.6. The maximum atomic E-state index is 13.0. The Hall–Kier alpha value is -2.41. The minimum Gasteiger partial charge on any atom is -0.385 e. The molecule has 0 saturated carbocycles. The van der Waals surface area contributed by atoms with Gasteiger partial charge in [-0.3, -0.25) is 9.69 Å². The smallest absolute Gasteiger partial charge is 0.237 e. The number of hydrogen-bond donors (Lipinski definition) is 4. The van der Waals surface area contributed by atoms with Gasteiger partial charge < -0.3 is 21.7 Å².